The van der Waals surface area contributed by atoms with E-state index in [0.29, 0.717) is 0 Å². The van der Waals surface area contributed by atoms with Gasteiger partial charge in [-0.2, -0.15) is 0 Å². The first-order valence-corrected chi connectivity index (χ1v) is 6.00. The SMILES string of the molecule is CCc1ccc(C=CC(=O)NC(C)(C)C)cc1. The van der Waals surface area contributed by atoms with Crippen molar-refractivity contribution in [1.82, 2.24) is 5.32 Å². The highest BCUT2D eigenvalue weighted by Crippen LogP contribution is 2.07. The largest absolute Gasteiger partial charge is 0.348 e. The van der Waals surface area contributed by atoms with E-state index >= 15 is 0 Å². The van der Waals surface area contributed by atoms with E-state index in [1.807, 2.05) is 39.0 Å². The lowest BCUT2D eigenvalue weighted by Gasteiger charge is -2.18. The molecule has 1 aromatic carbocycles. The Balaban J connectivity index is 2.61. The molecule has 0 bridgehead atoms. The van der Waals surface area contributed by atoms with Gasteiger partial charge in [0.1, 0.15) is 0 Å². The van der Waals surface area contributed by atoms with Crippen LogP contribution in [0.25, 0.3) is 6.08 Å². The van der Waals surface area contributed by atoms with Crippen LogP contribution < -0.4 is 5.32 Å². The molecule has 1 amide bonds. The standard InChI is InChI=1S/C15H21NO/c1-5-12-6-8-13(9-7-12)10-11-14(17)16-15(2,3)4/h6-11H,5H2,1-4H3,(H,16,17). The van der Waals surface area contributed by atoms with Gasteiger partial charge in [-0.3, -0.25) is 4.79 Å². The van der Waals surface area contributed by atoms with Crippen molar-refractivity contribution >= 4 is 12.0 Å². The Morgan fingerprint density at radius 3 is 2.29 bits per heavy atom. The maximum absolute atomic E-state index is 11.6. The van der Waals surface area contributed by atoms with Crippen molar-refractivity contribution in [3.05, 3.63) is 41.5 Å². The lowest BCUT2D eigenvalue weighted by Crippen LogP contribution is -2.39. The maximum atomic E-state index is 11.6. The Kier molecular flexibility index (Phi) is 4.50. The second kappa shape index (κ2) is 5.67. The van der Waals surface area contributed by atoms with Gasteiger partial charge in [0.25, 0.3) is 0 Å². The molecule has 1 rings (SSSR count). The number of rotatable bonds is 3. The van der Waals surface area contributed by atoms with Crippen LogP contribution in [-0.2, 0) is 11.2 Å². The van der Waals surface area contributed by atoms with E-state index in [1.54, 1.807) is 6.08 Å². The normalized spacial score (nSPS) is 11.8. The smallest absolute Gasteiger partial charge is 0.244 e. The number of aryl methyl sites for hydroxylation is 1. The number of carbonyl (C=O) groups is 1. The van der Waals surface area contributed by atoms with Crippen LogP contribution in [-0.4, -0.2) is 11.4 Å². The number of benzene rings is 1. The topological polar surface area (TPSA) is 29.1 Å². The summed E-state index contributed by atoms with van der Waals surface area (Å²) in [6.45, 7) is 8.03. The molecule has 0 saturated carbocycles. The molecule has 0 aromatic heterocycles. The lowest BCUT2D eigenvalue weighted by atomic mass is 10.1. The van der Waals surface area contributed by atoms with E-state index < -0.39 is 0 Å². The van der Waals surface area contributed by atoms with E-state index in [-0.39, 0.29) is 11.4 Å². The van der Waals surface area contributed by atoms with E-state index in [1.165, 1.54) is 5.56 Å². The second-order valence-electron chi connectivity index (χ2n) is 5.17. The van der Waals surface area contributed by atoms with Crippen LogP contribution in [0.1, 0.15) is 38.8 Å². The molecule has 0 atom stereocenters. The van der Waals surface area contributed by atoms with Crippen LogP contribution in [0.3, 0.4) is 0 Å². The van der Waals surface area contributed by atoms with Crippen molar-refractivity contribution in [3.63, 3.8) is 0 Å². The van der Waals surface area contributed by atoms with Crippen molar-refractivity contribution < 1.29 is 4.79 Å². The Morgan fingerprint density at radius 2 is 1.82 bits per heavy atom. The summed E-state index contributed by atoms with van der Waals surface area (Å²) in [4.78, 5) is 11.6. The van der Waals surface area contributed by atoms with Crippen LogP contribution in [0.5, 0.6) is 0 Å². The molecule has 0 aliphatic carbocycles. The predicted molar refractivity (Wildman–Crippen MR) is 72.7 cm³/mol. The van der Waals surface area contributed by atoms with Gasteiger partial charge in [0.15, 0.2) is 0 Å². The van der Waals surface area contributed by atoms with Gasteiger partial charge >= 0.3 is 0 Å². The fraction of sp³-hybridized carbons (Fsp3) is 0.400. The summed E-state index contributed by atoms with van der Waals surface area (Å²) in [6.07, 6.45) is 4.45. The van der Waals surface area contributed by atoms with Crippen molar-refractivity contribution in [2.24, 2.45) is 0 Å². The zero-order valence-electron chi connectivity index (χ0n) is 11.1. The van der Waals surface area contributed by atoms with E-state index in [9.17, 15) is 4.79 Å². The first-order chi connectivity index (χ1) is 7.90. The molecule has 2 heteroatoms. The first-order valence-electron chi connectivity index (χ1n) is 6.00. The number of nitrogens with one attached hydrogen (secondary N) is 1. The molecule has 1 aromatic rings. The minimum Gasteiger partial charge on any atom is -0.348 e. The Labute approximate surface area is 104 Å². The summed E-state index contributed by atoms with van der Waals surface area (Å²) in [6, 6.07) is 8.22. The van der Waals surface area contributed by atoms with Crippen LogP contribution in [0.4, 0.5) is 0 Å². The molecule has 92 valence electrons. The monoisotopic (exact) mass is 231 g/mol. The highest BCUT2D eigenvalue weighted by atomic mass is 16.1. The van der Waals surface area contributed by atoms with Crippen molar-refractivity contribution in [3.8, 4) is 0 Å². The minimum atomic E-state index is -0.187. The minimum absolute atomic E-state index is 0.0583. The molecule has 0 heterocycles. The Hall–Kier alpha value is -1.57. The van der Waals surface area contributed by atoms with Crippen LogP contribution in [0.15, 0.2) is 30.3 Å². The van der Waals surface area contributed by atoms with Gasteiger partial charge in [0.05, 0.1) is 0 Å². The van der Waals surface area contributed by atoms with E-state index in [2.05, 4.69) is 24.4 Å². The van der Waals surface area contributed by atoms with Gasteiger partial charge in [-0.25, -0.2) is 0 Å². The molecule has 0 spiro atoms. The summed E-state index contributed by atoms with van der Waals surface area (Å²) >= 11 is 0. The molecule has 2 nitrogen and oxygen atoms in total. The number of hydrogen-bond acceptors (Lipinski definition) is 1. The highest BCUT2D eigenvalue weighted by molar-refractivity contribution is 5.92. The lowest BCUT2D eigenvalue weighted by molar-refractivity contribution is -0.117. The third-order valence-electron chi connectivity index (χ3n) is 2.31. The van der Waals surface area contributed by atoms with Crippen molar-refractivity contribution in [2.75, 3.05) is 0 Å². The average molecular weight is 231 g/mol. The van der Waals surface area contributed by atoms with Crippen LogP contribution in [0, 0.1) is 0 Å². The second-order valence-corrected chi connectivity index (χ2v) is 5.17. The van der Waals surface area contributed by atoms with Crippen molar-refractivity contribution in [2.45, 2.75) is 39.7 Å². The van der Waals surface area contributed by atoms with Gasteiger partial charge in [0, 0.05) is 11.6 Å². The summed E-state index contributed by atoms with van der Waals surface area (Å²) in [7, 11) is 0. The van der Waals surface area contributed by atoms with Gasteiger partial charge in [-0.05, 0) is 44.4 Å². The fourth-order valence-electron chi connectivity index (χ4n) is 1.45. The van der Waals surface area contributed by atoms with Gasteiger partial charge in [-0.15, -0.1) is 0 Å². The van der Waals surface area contributed by atoms with Crippen LogP contribution in [0.2, 0.25) is 0 Å². The fourth-order valence-corrected chi connectivity index (χ4v) is 1.45. The Bertz CT molecular complexity index is 396. The van der Waals surface area contributed by atoms with Gasteiger partial charge in [-0.1, -0.05) is 31.2 Å². The maximum Gasteiger partial charge on any atom is 0.244 e. The van der Waals surface area contributed by atoms with E-state index in [0.717, 1.165) is 12.0 Å². The zero-order valence-corrected chi connectivity index (χ0v) is 11.1. The quantitative estimate of drug-likeness (QED) is 0.795. The van der Waals surface area contributed by atoms with Crippen LogP contribution >= 0.6 is 0 Å². The third-order valence-corrected chi connectivity index (χ3v) is 2.31. The van der Waals surface area contributed by atoms with Gasteiger partial charge < -0.3 is 5.32 Å². The first kappa shape index (κ1) is 13.5. The summed E-state index contributed by atoms with van der Waals surface area (Å²) in [5.74, 6) is -0.0583. The molecule has 1 N–H and O–H groups in total. The molecular weight excluding hydrogens is 210 g/mol. The number of amides is 1. The predicted octanol–water partition coefficient (Wildman–Crippen LogP) is 3.18. The molecule has 0 radical (unpaired) electrons. The molecule has 0 saturated heterocycles. The summed E-state index contributed by atoms with van der Waals surface area (Å²) < 4.78 is 0. The summed E-state index contributed by atoms with van der Waals surface area (Å²) in [5.41, 5.74) is 2.17. The average Bonchev–Trinajstić information content (AvgIpc) is 2.25. The number of hydrogen-bond donors (Lipinski definition) is 1. The molecular formula is C15H21NO. The zero-order chi connectivity index (χ0) is 12.9. The highest BCUT2D eigenvalue weighted by Gasteiger charge is 2.10. The summed E-state index contributed by atoms with van der Waals surface area (Å²) in [5, 5.41) is 2.89. The van der Waals surface area contributed by atoms with Gasteiger partial charge in [0.2, 0.25) is 5.91 Å². The Morgan fingerprint density at radius 1 is 1.24 bits per heavy atom. The van der Waals surface area contributed by atoms with Crippen molar-refractivity contribution in [1.29, 1.82) is 0 Å². The molecule has 17 heavy (non-hydrogen) atoms. The number of carbonyl (C=O) groups excluding carboxylic acids is 1. The molecule has 0 aliphatic rings. The molecule has 0 unspecified atom stereocenters. The molecule has 0 aliphatic heterocycles. The molecule has 0 fully saturated rings. The van der Waals surface area contributed by atoms with E-state index in [4.69, 9.17) is 0 Å². The third kappa shape index (κ3) is 5.34.